The molecule has 7 heteroatoms. The minimum Gasteiger partial charge on any atom is -0.368 e. The maximum atomic E-state index is 6.17. The fourth-order valence-corrected chi connectivity index (χ4v) is 3.95. The van der Waals surface area contributed by atoms with E-state index in [0.717, 1.165) is 48.7 Å². The summed E-state index contributed by atoms with van der Waals surface area (Å²) in [6, 6.07) is 6.09. The molecular weight excluding hydrogens is 354 g/mol. The molecule has 0 unspecified atom stereocenters. The summed E-state index contributed by atoms with van der Waals surface area (Å²) in [6.07, 6.45) is 1.91. The number of hydrogen-bond donors (Lipinski definition) is 1. The van der Waals surface area contributed by atoms with Crippen molar-refractivity contribution in [1.29, 1.82) is 0 Å². The SMILES string of the molecule is CN=C(NCc1ncc(C)s1)N1CCN(c2cc(Cl)ccc2C)CC1. The Morgan fingerprint density at radius 1 is 1.28 bits per heavy atom. The van der Waals surface area contributed by atoms with Gasteiger partial charge in [-0.05, 0) is 31.5 Å². The number of rotatable bonds is 3. The van der Waals surface area contributed by atoms with Crippen LogP contribution in [0.3, 0.4) is 0 Å². The van der Waals surface area contributed by atoms with Crippen LogP contribution >= 0.6 is 22.9 Å². The minimum atomic E-state index is 0.721. The predicted molar refractivity (Wildman–Crippen MR) is 107 cm³/mol. The van der Waals surface area contributed by atoms with Crippen LogP contribution in [0.1, 0.15) is 15.4 Å². The third-order valence-electron chi connectivity index (χ3n) is 4.37. The van der Waals surface area contributed by atoms with Crippen LogP contribution in [0.25, 0.3) is 0 Å². The van der Waals surface area contributed by atoms with E-state index < -0.39 is 0 Å². The molecular formula is C18H24ClN5S. The Balaban J connectivity index is 1.57. The van der Waals surface area contributed by atoms with Gasteiger partial charge in [-0.15, -0.1) is 11.3 Å². The number of anilines is 1. The van der Waals surface area contributed by atoms with Crippen molar-refractivity contribution in [3.8, 4) is 0 Å². The van der Waals surface area contributed by atoms with E-state index in [1.54, 1.807) is 11.3 Å². The van der Waals surface area contributed by atoms with Crippen LogP contribution in [0, 0.1) is 13.8 Å². The van der Waals surface area contributed by atoms with Gasteiger partial charge in [0.2, 0.25) is 0 Å². The van der Waals surface area contributed by atoms with Crippen molar-refractivity contribution in [3.63, 3.8) is 0 Å². The molecule has 1 aliphatic heterocycles. The van der Waals surface area contributed by atoms with E-state index >= 15 is 0 Å². The highest BCUT2D eigenvalue weighted by atomic mass is 35.5. The molecule has 0 amide bonds. The van der Waals surface area contributed by atoms with Crippen molar-refractivity contribution in [1.82, 2.24) is 15.2 Å². The van der Waals surface area contributed by atoms with Crippen molar-refractivity contribution in [2.45, 2.75) is 20.4 Å². The second-order valence-corrected chi connectivity index (χ2v) is 7.93. The third kappa shape index (κ3) is 4.44. The smallest absolute Gasteiger partial charge is 0.194 e. The van der Waals surface area contributed by atoms with E-state index in [4.69, 9.17) is 11.6 Å². The third-order valence-corrected chi connectivity index (χ3v) is 5.52. The van der Waals surface area contributed by atoms with Gasteiger partial charge in [-0.3, -0.25) is 4.99 Å². The lowest BCUT2D eigenvalue weighted by atomic mass is 10.1. The summed E-state index contributed by atoms with van der Waals surface area (Å²) >= 11 is 7.89. The summed E-state index contributed by atoms with van der Waals surface area (Å²) in [6.45, 7) is 8.71. The van der Waals surface area contributed by atoms with Crippen molar-refractivity contribution >= 4 is 34.6 Å². The molecule has 0 bridgehead atoms. The van der Waals surface area contributed by atoms with Gasteiger partial charge in [0.1, 0.15) is 5.01 Å². The molecule has 25 heavy (non-hydrogen) atoms. The Morgan fingerprint density at radius 3 is 2.68 bits per heavy atom. The van der Waals surface area contributed by atoms with Crippen molar-refractivity contribution in [2.24, 2.45) is 4.99 Å². The van der Waals surface area contributed by atoms with E-state index in [0.29, 0.717) is 0 Å². The molecule has 1 saturated heterocycles. The maximum absolute atomic E-state index is 6.17. The van der Waals surface area contributed by atoms with Gasteiger partial charge in [0.05, 0.1) is 6.54 Å². The molecule has 0 aliphatic carbocycles. The van der Waals surface area contributed by atoms with Gasteiger partial charge < -0.3 is 15.1 Å². The summed E-state index contributed by atoms with van der Waals surface area (Å²) in [7, 11) is 1.84. The fourth-order valence-electron chi connectivity index (χ4n) is 3.05. The average molecular weight is 378 g/mol. The topological polar surface area (TPSA) is 43.8 Å². The largest absolute Gasteiger partial charge is 0.368 e. The van der Waals surface area contributed by atoms with E-state index in [1.807, 2.05) is 19.3 Å². The van der Waals surface area contributed by atoms with Gasteiger partial charge in [0.25, 0.3) is 0 Å². The number of aliphatic imine (C=N–C) groups is 1. The Hall–Kier alpha value is -1.79. The van der Waals surface area contributed by atoms with E-state index in [-0.39, 0.29) is 0 Å². The highest BCUT2D eigenvalue weighted by Gasteiger charge is 2.21. The number of halogens is 1. The number of benzene rings is 1. The molecule has 2 heterocycles. The number of nitrogens with zero attached hydrogens (tertiary/aromatic N) is 4. The zero-order valence-electron chi connectivity index (χ0n) is 14.9. The van der Waals surface area contributed by atoms with Gasteiger partial charge in [0, 0.05) is 55.0 Å². The number of nitrogens with one attached hydrogen (secondary N) is 1. The number of hydrogen-bond acceptors (Lipinski definition) is 4. The zero-order chi connectivity index (χ0) is 17.8. The van der Waals surface area contributed by atoms with Gasteiger partial charge >= 0.3 is 0 Å². The van der Waals surface area contributed by atoms with Crippen LogP contribution in [-0.2, 0) is 6.54 Å². The lowest BCUT2D eigenvalue weighted by molar-refractivity contribution is 0.372. The van der Waals surface area contributed by atoms with E-state index in [9.17, 15) is 0 Å². The first-order chi connectivity index (χ1) is 12.1. The molecule has 0 spiro atoms. The Labute approximate surface area is 158 Å². The predicted octanol–water partition coefficient (Wildman–Crippen LogP) is 3.31. The van der Waals surface area contributed by atoms with Gasteiger partial charge in [-0.2, -0.15) is 0 Å². The Bertz CT molecular complexity index is 750. The van der Waals surface area contributed by atoms with Crippen LogP contribution in [0.5, 0.6) is 0 Å². The molecule has 3 rings (SSSR count). The normalized spacial score (nSPS) is 15.6. The molecule has 0 atom stereocenters. The first-order valence-electron chi connectivity index (χ1n) is 8.45. The monoisotopic (exact) mass is 377 g/mol. The molecule has 1 aromatic heterocycles. The van der Waals surface area contributed by atoms with Crippen LogP contribution in [0.2, 0.25) is 5.02 Å². The molecule has 1 aliphatic rings. The standard InChI is InChI=1S/C18H24ClN5S/c1-13-4-5-15(19)10-16(13)23-6-8-24(9-7-23)18(20-3)22-12-17-21-11-14(2)25-17/h4-5,10-11H,6-9,12H2,1-3H3,(H,20,22). The van der Waals surface area contributed by atoms with Crippen LogP contribution in [0.15, 0.2) is 29.4 Å². The molecule has 1 N–H and O–H groups in total. The first-order valence-corrected chi connectivity index (χ1v) is 9.64. The summed E-state index contributed by atoms with van der Waals surface area (Å²) < 4.78 is 0. The van der Waals surface area contributed by atoms with Crippen LogP contribution < -0.4 is 10.2 Å². The van der Waals surface area contributed by atoms with E-state index in [2.05, 4.69) is 51.1 Å². The highest BCUT2D eigenvalue weighted by Crippen LogP contribution is 2.25. The van der Waals surface area contributed by atoms with Crippen LogP contribution in [0.4, 0.5) is 5.69 Å². The lowest BCUT2D eigenvalue weighted by Crippen LogP contribution is -2.52. The zero-order valence-corrected chi connectivity index (χ0v) is 16.5. The van der Waals surface area contributed by atoms with E-state index in [1.165, 1.54) is 16.1 Å². The number of piperazine rings is 1. The molecule has 5 nitrogen and oxygen atoms in total. The van der Waals surface area contributed by atoms with Gasteiger partial charge in [0.15, 0.2) is 5.96 Å². The minimum absolute atomic E-state index is 0.721. The number of thiazole rings is 1. The number of aromatic nitrogens is 1. The maximum Gasteiger partial charge on any atom is 0.194 e. The Kier molecular flexibility index (Phi) is 5.81. The lowest BCUT2D eigenvalue weighted by Gasteiger charge is -2.38. The van der Waals surface area contributed by atoms with Crippen molar-refractivity contribution in [2.75, 3.05) is 38.1 Å². The van der Waals surface area contributed by atoms with Gasteiger partial charge in [-0.25, -0.2) is 4.98 Å². The summed E-state index contributed by atoms with van der Waals surface area (Å²) in [5, 5.41) is 5.31. The molecule has 0 radical (unpaired) electrons. The molecule has 1 fully saturated rings. The number of aryl methyl sites for hydroxylation is 2. The average Bonchev–Trinajstić information content (AvgIpc) is 3.03. The Morgan fingerprint density at radius 2 is 2.04 bits per heavy atom. The molecule has 134 valence electrons. The summed E-state index contributed by atoms with van der Waals surface area (Å²) in [5.41, 5.74) is 2.49. The summed E-state index contributed by atoms with van der Waals surface area (Å²) in [5.74, 6) is 0.940. The molecule has 2 aromatic rings. The van der Waals surface area contributed by atoms with Crippen molar-refractivity contribution < 1.29 is 0 Å². The first kappa shape index (κ1) is 18.0. The summed E-state index contributed by atoms with van der Waals surface area (Å²) in [4.78, 5) is 14.8. The van der Waals surface area contributed by atoms with Crippen LogP contribution in [-0.4, -0.2) is 49.1 Å². The van der Waals surface area contributed by atoms with Gasteiger partial charge in [-0.1, -0.05) is 17.7 Å². The molecule has 1 aromatic carbocycles. The number of guanidine groups is 1. The quantitative estimate of drug-likeness (QED) is 0.658. The molecule has 0 saturated carbocycles. The van der Waals surface area contributed by atoms with Crippen molar-refractivity contribution in [3.05, 3.63) is 44.9 Å². The second-order valence-electron chi connectivity index (χ2n) is 6.17. The second kappa shape index (κ2) is 8.06. The highest BCUT2D eigenvalue weighted by molar-refractivity contribution is 7.11. The fraction of sp³-hybridized carbons (Fsp3) is 0.444.